The van der Waals surface area contributed by atoms with Crippen LogP contribution in [-0.2, 0) is 20.9 Å². The number of alkyl carbamates (subject to hydrolysis) is 1. The number of nitrogens with one attached hydrogen (secondary N) is 1. The standard InChI is InChI=1S/C16H20N2O5S/c19-14(18-8-4-7-13(18)15(20)21)12(10-24)17-16(22)23-9-11-5-2-1-3-6-11/h1-3,5-6,12-13,24H,4,7-10H2,(H,17,22)(H,20,21)/t12-,13-/m0/s1. The van der Waals surface area contributed by atoms with Gasteiger partial charge < -0.3 is 20.1 Å². The maximum absolute atomic E-state index is 12.4. The third-order valence-corrected chi connectivity index (χ3v) is 4.17. The van der Waals surface area contributed by atoms with Gasteiger partial charge in [0.15, 0.2) is 0 Å². The van der Waals surface area contributed by atoms with Crippen LogP contribution in [0.25, 0.3) is 0 Å². The summed E-state index contributed by atoms with van der Waals surface area (Å²) in [6.45, 7) is 0.447. The SMILES string of the molecule is O=C(N[C@@H](CS)C(=O)N1CCC[C@H]1C(=O)O)OCc1ccccc1. The number of ether oxygens (including phenoxy) is 1. The Morgan fingerprint density at radius 2 is 2.04 bits per heavy atom. The molecule has 0 aromatic heterocycles. The average molecular weight is 352 g/mol. The van der Waals surface area contributed by atoms with Gasteiger partial charge in [-0.1, -0.05) is 30.3 Å². The van der Waals surface area contributed by atoms with Gasteiger partial charge in [-0.2, -0.15) is 12.6 Å². The van der Waals surface area contributed by atoms with Gasteiger partial charge in [-0.25, -0.2) is 9.59 Å². The number of likely N-dealkylation sites (tertiary alicyclic amines) is 1. The number of nitrogens with zero attached hydrogens (tertiary/aromatic N) is 1. The van der Waals surface area contributed by atoms with Crippen molar-refractivity contribution >= 4 is 30.6 Å². The number of carboxylic acid groups (broad SMARTS) is 1. The van der Waals surface area contributed by atoms with Crippen LogP contribution in [-0.4, -0.2) is 52.4 Å². The number of hydrogen-bond donors (Lipinski definition) is 3. The molecule has 2 N–H and O–H groups in total. The first kappa shape index (κ1) is 18.1. The van der Waals surface area contributed by atoms with Crippen molar-refractivity contribution in [1.82, 2.24) is 10.2 Å². The van der Waals surface area contributed by atoms with E-state index in [-0.39, 0.29) is 12.4 Å². The van der Waals surface area contributed by atoms with Gasteiger partial charge in [0.2, 0.25) is 5.91 Å². The van der Waals surface area contributed by atoms with E-state index >= 15 is 0 Å². The van der Waals surface area contributed by atoms with Crippen LogP contribution >= 0.6 is 12.6 Å². The molecule has 0 spiro atoms. The van der Waals surface area contributed by atoms with E-state index in [2.05, 4.69) is 17.9 Å². The summed E-state index contributed by atoms with van der Waals surface area (Å²) in [4.78, 5) is 36.8. The topological polar surface area (TPSA) is 95.9 Å². The molecule has 1 aromatic rings. The Morgan fingerprint density at radius 1 is 1.33 bits per heavy atom. The highest BCUT2D eigenvalue weighted by molar-refractivity contribution is 7.80. The molecular weight excluding hydrogens is 332 g/mol. The van der Waals surface area contributed by atoms with Gasteiger partial charge in [0.05, 0.1) is 0 Å². The van der Waals surface area contributed by atoms with E-state index in [1.54, 1.807) is 0 Å². The second-order valence-electron chi connectivity index (χ2n) is 5.47. The van der Waals surface area contributed by atoms with Gasteiger partial charge in [-0.3, -0.25) is 4.79 Å². The smallest absolute Gasteiger partial charge is 0.408 e. The molecule has 1 saturated heterocycles. The van der Waals surface area contributed by atoms with Gasteiger partial charge >= 0.3 is 12.1 Å². The van der Waals surface area contributed by atoms with Crippen LogP contribution in [0.3, 0.4) is 0 Å². The highest BCUT2D eigenvalue weighted by Crippen LogP contribution is 2.18. The molecular formula is C16H20N2O5S. The molecule has 1 heterocycles. The zero-order valence-electron chi connectivity index (χ0n) is 13.1. The minimum atomic E-state index is -1.04. The highest BCUT2D eigenvalue weighted by Gasteiger charge is 2.37. The molecule has 2 amide bonds. The van der Waals surface area contributed by atoms with Crippen molar-refractivity contribution in [2.45, 2.75) is 31.5 Å². The monoisotopic (exact) mass is 352 g/mol. The molecule has 24 heavy (non-hydrogen) atoms. The van der Waals surface area contributed by atoms with E-state index in [9.17, 15) is 14.4 Å². The summed E-state index contributed by atoms with van der Waals surface area (Å²) in [6, 6.07) is 7.38. The Hall–Kier alpha value is -2.22. The summed E-state index contributed by atoms with van der Waals surface area (Å²) in [7, 11) is 0. The molecule has 1 fully saturated rings. The Bertz CT molecular complexity index is 595. The summed E-state index contributed by atoms with van der Waals surface area (Å²) in [5.41, 5.74) is 0.826. The van der Waals surface area contributed by atoms with E-state index in [4.69, 9.17) is 9.84 Å². The van der Waals surface area contributed by atoms with E-state index in [0.29, 0.717) is 19.4 Å². The summed E-state index contributed by atoms with van der Waals surface area (Å²) in [6.07, 6.45) is 0.302. The molecule has 0 saturated carbocycles. The molecule has 0 bridgehead atoms. The number of benzene rings is 1. The van der Waals surface area contributed by atoms with E-state index in [1.165, 1.54) is 4.90 Å². The minimum Gasteiger partial charge on any atom is -0.480 e. The van der Waals surface area contributed by atoms with Gasteiger partial charge in [0, 0.05) is 12.3 Å². The van der Waals surface area contributed by atoms with Crippen molar-refractivity contribution in [2.24, 2.45) is 0 Å². The fourth-order valence-corrected chi connectivity index (χ4v) is 2.83. The van der Waals surface area contributed by atoms with E-state index < -0.39 is 30.1 Å². The van der Waals surface area contributed by atoms with Crippen molar-refractivity contribution < 1.29 is 24.2 Å². The average Bonchev–Trinajstić information content (AvgIpc) is 3.08. The zero-order valence-corrected chi connectivity index (χ0v) is 13.9. The van der Waals surface area contributed by atoms with Crippen LogP contribution in [0.4, 0.5) is 4.79 Å². The number of rotatable bonds is 6. The minimum absolute atomic E-state index is 0.0576. The van der Waals surface area contributed by atoms with Crippen molar-refractivity contribution in [1.29, 1.82) is 0 Å². The normalized spacial score (nSPS) is 18.0. The predicted molar refractivity (Wildman–Crippen MR) is 89.8 cm³/mol. The number of amides is 2. The summed E-state index contributed by atoms with van der Waals surface area (Å²) >= 11 is 4.08. The van der Waals surface area contributed by atoms with Crippen LogP contribution in [0.2, 0.25) is 0 Å². The first-order valence-corrected chi connectivity index (χ1v) is 8.27. The molecule has 1 aliphatic rings. The lowest BCUT2D eigenvalue weighted by molar-refractivity contribution is -0.148. The van der Waals surface area contributed by atoms with Crippen molar-refractivity contribution in [3.63, 3.8) is 0 Å². The Labute approximate surface area is 145 Å². The maximum Gasteiger partial charge on any atom is 0.408 e. The predicted octanol–water partition coefficient (Wildman–Crippen LogP) is 1.29. The van der Waals surface area contributed by atoms with Gasteiger partial charge in [0.25, 0.3) is 0 Å². The number of aliphatic carboxylic acids is 1. The summed E-state index contributed by atoms with van der Waals surface area (Å²) in [5.74, 6) is -1.43. The van der Waals surface area contributed by atoms with Crippen LogP contribution in [0.15, 0.2) is 30.3 Å². The first-order valence-electron chi connectivity index (χ1n) is 7.64. The number of hydrogen-bond acceptors (Lipinski definition) is 5. The van der Waals surface area contributed by atoms with E-state index in [1.807, 2.05) is 30.3 Å². The lowest BCUT2D eigenvalue weighted by Crippen LogP contribution is -2.52. The molecule has 0 radical (unpaired) electrons. The Kier molecular flexibility index (Phi) is 6.48. The molecule has 130 valence electrons. The molecule has 1 aliphatic heterocycles. The fourth-order valence-electron chi connectivity index (χ4n) is 2.58. The van der Waals surface area contributed by atoms with E-state index in [0.717, 1.165) is 5.56 Å². The Morgan fingerprint density at radius 3 is 2.67 bits per heavy atom. The van der Waals surface area contributed by atoms with Crippen molar-refractivity contribution in [3.05, 3.63) is 35.9 Å². The number of carboxylic acids is 1. The molecule has 2 atom stereocenters. The van der Waals surface area contributed by atoms with Crippen molar-refractivity contribution in [3.8, 4) is 0 Å². The van der Waals surface area contributed by atoms with Crippen LogP contribution < -0.4 is 5.32 Å². The molecule has 8 heteroatoms. The fraction of sp³-hybridized carbons (Fsp3) is 0.438. The van der Waals surface area contributed by atoms with Gasteiger partial charge in [-0.05, 0) is 18.4 Å². The van der Waals surface area contributed by atoms with Crippen LogP contribution in [0, 0.1) is 0 Å². The lowest BCUT2D eigenvalue weighted by atomic mass is 10.2. The zero-order chi connectivity index (χ0) is 17.5. The molecule has 0 aliphatic carbocycles. The largest absolute Gasteiger partial charge is 0.480 e. The maximum atomic E-state index is 12.4. The summed E-state index contributed by atoms with van der Waals surface area (Å²) in [5, 5.41) is 11.6. The third kappa shape index (κ3) is 4.64. The van der Waals surface area contributed by atoms with Crippen LogP contribution in [0.1, 0.15) is 18.4 Å². The molecule has 2 rings (SSSR count). The quantitative estimate of drug-likeness (QED) is 0.671. The highest BCUT2D eigenvalue weighted by atomic mass is 32.1. The lowest BCUT2D eigenvalue weighted by Gasteiger charge is -2.26. The van der Waals surface area contributed by atoms with Gasteiger partial charge in [-0.15, -0.1) is 0 Å². The Balaban J connectivity index is 1.89. The third-order valence-electron chi connectivity index (χ3n) is 3.81. The molecule has 7 nitrogen and oxygen atoms in total. The van der Waals surface area contributed by atoms with Crippen molar-refractivity contribution in [2.75, 3.05) is 12.3 Å². The second-order valence-corrected chi connectivity index (χ2v) is 5.83. The molecule has 0 unspecified atom stereocenters. The summed E-state index contributed by atoms with van der Waals surface area (Å²) < 4.78 is 5.08. The first-order chi connectivity index (χ1) is 11.5. The number of carbonyl (C=O) groups excluding carboxylic acids is 2. The van der Waals surface area contributed by atoms with Gasteiger partial charge in [0.1, 0.15) is 18.7 Å². The second kappa shape index (κ2) is 8.58. The number of thiol groups is 1. The number of carbonyl (C=O) groups is 3. The molecule has 1 aromatic carbocycles. The van der Waals surface area contributed by atoms with Crippen LogP contribution in [0.5, 0.6) is 0 Å².